The normalized spacial score (nSPS) is 13.5. The van der Waals surface area contributed by atoms with E-state index in [9.17, 15) is 4.79 Å². The lowest BCUT2D eigenvalue weighted by atomic mass is 10.2. The van der Waals surface area contributed by atoms with E-state index in [1.54, 1.807) is 36.7 Å². The molecule has 0 bridgehead atoms. The number of carbonyl (C=O) groups excluding carboxylic acids is 1. The highest BCUT2D eigenvalue weighted by molar-refractivity contribution is 5.98. The number of nitrogens with zero attached hydrogens (tertiary/aromatic N) is 4. The van der Waals surface area contributed by atoms with Crippen LogP contribution >= 0.6 is 0 Å². The fourth-order valence-corrected chi connectivity index (χ4v) is 2.94. The summed E-state index contributed by atoms with van der Waals surface area (Å²) in [4.78, 5) is 22.5. The van der Waals surface area contributed by atoms with Crippen molar-refractivity contribution >= 4 is 34.1 Å². The molecule has 3 aromatic heterocycles. The summed E-state index contributed by atoms with van der Waals surface area (Å²) in [7, 11) is 1.72. The highest BCUT2D eigenvalue weighted by Gasteiger charge is 2.22. The number of amides is 1. The number of aromatic amines is 1. The minimum absolute atomic E-state index is 0.0466. The maximum atomic E-state index is 11.9. The number of likely N-dealkylation sites (N-methyl/N-ethyl adjacent to an activating group) is 1. The van der Waals surface area contributed by atoms with Gasteiger partial charge in [0.05, 0.1) is 23.7 Å². The Morgan fingerprint density at radius 1 is 1.26 bits per heavy atom. The van der Waals surface area contributed by atoms with Gasteiger partial charge in [-0.1, -0.05) is 0 Å². The van der Waals surface area contributed by atoms with E-state index in [1.807, 2.05) is 18.2 Å². The zero-order valence-electron chi connectivity index (χ0n) is 14.3. The van der Waals surface area contributed by atoms with Crippen molar-refractivity contribution in [2.75, 3.05) is 23.9 Å². The molecule has 9 heteroatoms. The molecule has 0 saturated carbocycles. The van der Waals surface area contributed by atoms with E-state index >= 15 is 0 Å². The van der Waals surface area contributed by atoms with Gasteiger partial charge in [-0.25, -0.2) is 9.97 Å². The lowest BCUT2D eigenvalue weighted by molar-refractivity contribution is -0.120. The van der Waals surface area contributed by atoms with Gasteiger partial charge >= 0.3 is 0 Å². The monoisotopic (exact) mass is 362 g/mol. The van der Waals surface area contributed by atoms with Crippen molar-refractivity contribution in [1.82, 2.24) is 20.2 Å². The first-order valence-electron chi connectivity index (χ1n) is 8.23. The molecule has 0 unspecified atom stereocenters. The van der Waals surface area contributed by atoms with Gasteiger partial charge in [-0.05, 0) is 24.3 Å². The van der Waals surface area contributed by atoms with Gasteiger partial charge < -0.3 is 19.4 Å². The van der Waals surface area contributed by atoms with Crippen LogP contribution in [0.4, 0.5) is 17.2 Å². The van der Waals surface area contributed by atoms with Gasteiger partial charge in [-0.15, -0.1) is 0 Å². The quantitative estimate of drug-likeness (QED) is 0.577. The van der Waals surface area contributed by atoms with Crippen LogP contribution < -0.4 is 15.0 Å². The second-order valence-electron chi connectivity index (χ2n) is 6.09. The number of ether oxygens (including phenoxy) is 1. The number of aromatic nitrogens is 4. The molecule has 2 N–H and O–H groups in total. The molecular formula is C18H14N6O3. The largest absolute Gasteiger partial charge is 0.482 e. The van der Waals surface area contributed by atoms with Gasteiger partial charge in [-0.3, -0.25) is 9.89 Å². The fourth-order valence-electron chi connectivity index (χ4n) is 2.94. The number of H-pyrrole nitrogens is 1. The number of carbonyl (C=O) groups is 1. The molecule has 4 heterocycles. The molecule has 9 nitrogen and oxygen atoms in total. The van der Waals surface area contributed by atoms with Crippen LogP contribution in [0.2, 0.25) is 0 Å². The lowest BCUT2D eigenvalue weighted by Crippen LogP contribution is -2.35. The number of furan rings is 1. The third-order valence-electron chi connectivity index (χ3n) is 4.39. The molecule has 0 radical (unpaired) electrons. The van der Waals surface area contributed by atoms with E-state index < -0.39 is 0 Å². The third kappa shape index (κ3) is 2.56. The molecule has 0 atom stereocenters. The Balaban J connectivity index is 1.57. The summed E-state index contributed by atoms with van der Waals surface area (Å²) in [5.41, 5.74) is 3.58. The van der Waals surface area contributed by atoms with E-state index in [-0.39, 0.29) is 12.5 Å². The summed E-state index contributed by atoms with van der Waals surface area (Å²) in [6, 6.07) is 7.32. The summed E-state index contributed by atoms with van der Waals surface area (Å²) in [5.74, 6) is 1.66. The Bertz CT molecular complexity index is 1150. The van der Waals surface area contributed by atoms with Crippen molar-refractivity contribution in [1.29, 1.82) is 0 Å². The molecule has 1 amide bonds. The van der Waals surface area contributed by atoms with Crippen LogP contribution in [-0.4, -0.2) is 39.7 Å². The highest BCUT2D eigenvalue weighted by Crippen LogP contribution is 2.35. The fraction of sp³-hybridized carbons (Fsp3) is 0.111. The SMILES string of the molecule is CN1C(=O)COc2ccc(Nc3nc(-c4ccoc4)nc4cn[nH]c34)cc21. The predicted molar refractivity (Wildman–Crippen MR) is 98.0 cm³/mol. The number of rotatable bonds is 3. The summed E-state index contributed by atoms with van der Waals surface area (Å²) in [6.07, 6.45) is 4.79. The maximum Gasteiger partial charge on any atom is 0.264 e. The molecule has 1 aromatic carbocycles. The topological polar surface area (TPSA) is 109 Å². The Kier molecular flexibility index (Phi) is 3.32. The Labute approximate surface area is 153 Å². The summed E-state index contributed by atoms with van der Waals surface area (Å²) < 4.78 is 10.6. The second kappa shape index (κ2) is 5.84. The van der Waals surface area contributed by atoms with E-state index in [0.29, 0.717) is 34.1 Å². The molecule has 1 aliphatic rings. The Morgan fingerprint density at radius 2 is 2.19 bits per heavy atom. The predicted octanol–water partition coefficient (Wildman–Crippen LogP) is 2.71. The van der Waals surface area contributed by atoms with Crippen LogP contribution in [0.25, 0.3) is 22.4 Å². The van der Waals surface area contributed by atoms with Gasteiger partial charge in [0.2, 0.25) is 0 Å². The van der Waals surface area contributed by atoms with Crippen molar-refractivity contribution in [2.24, 2.45) is 0 Å². The number of nitrogens with one attached hydrogen (secondary N) is 2. The summed E-state index contributed by atoms with van der Waals surface area (Å²) in [6.45, 7) is 0.0466. The van der Waals surface area contributed by atoms with Crippen molar-refractivity contribution in [3.8, 4) is 17.1 Å². The minimum atomic E-state index is -0.0973. The molecule has 0 fully saturated rings. The van der Waals surface area contributed by atoms with Crippen molar-refractivity contribution < 1.29 is 13.9 Å². The van der Waals surface area contributed by atoms with Gasteiger partial charge in [0.25, 0.3) is 5.91 Å². The number of hydrogen-bond donors (Lipinski definition) is 2. The van der Waals surface area contributed by atoms with E-state index in [4.69, 9.17) is 9.15 Å². The van der Waals surface area contributed by atoms with Crippen molar-refractivity contribution in [2.45, 2.75) is 0 Å². The van der Waals surface area contributed by atoms with Crippen molar-refractivity contribution in [3.05, 3.63) is 43.0 Å². The maximum absolute atomic E-state index is 11.9. The minimum Gasteiger partial charge on any atom is -0.482 e. The first kappa shape index (κ1) is 15.4. The molecular weight excluding hydrogens is 348 g/mol. The molecule has 0 aliphatic carbocycles. The lowest BCUT2D eigenvalue weighted by Gasteiger charge is -2.26. The molecule has 27 heavy (non-hydrogen) atoms. The number of fused-ring (bicyclic) bond motifs is 2. The van der Waals surface area contributed by atoms with E-state index in [2.05, 4.69) is 25.5 Å². The van der Waals surface area contributed by atoms with Crippen LogP contribution in [0, 0.1) is 0 Å². The molecule has 5 rings (SSSR count). The smallest absolute Gasteiger partial charge is 0.264 e. The van der Waals surface area contributed by atoms with Crippen LogP contribution in [0.1, 0.15) is 0 Å². The summed E-state index contributed by atoms with van der Waals surface area (Å²) in [5, 5.41) is 10.2. The highest BCUT2D eigenvalue weighted by atomic mass is 16.5. The molecule has 4 aromatic rings. The van der Waals surface area contributed by atoms with Gasteiger partial charge in [0, 0.05) is 12.7 Å². The Hall–Kier alpha value is -3.88. The number of anilines is 3. The average molecular weight is 362 g/mol. The van der Waals surface area contributed by atoms with E-state index in [1.165, 1.54) is 0 Å². The van der Waals surface area contributed by atoms with Gasteiger partial charge in [0.15, 0.2) is 18.2 Å². The third-order valence-corrected chi connectivity index (χ3v) is 4.39. The zero-order chi connectivity index (χ0) is 18.4. The molecule has 0 spiro atoms. The first-order chi connectivity index (χ1) is 13.2. The number of benzene rings is 1. The zero-order valence-corrected chi connectivity index (χ0v) is 14.3. The van der Waals surface area contributed by atoms with Crippen LogP contribution in [0.3, 0.4) is 0 Å². The van der Waals surface area contributed by atoms with Crippen LogP contribution in [0.5, 0.6) is 5.75 Å². The van der Waals surface area contributed by atoms with Crippen molar-refractivity contribution in [3.63, 3.8) is 0 Å². The number of hydrogen-bond acceptors (Lipinski definition) is 7. The van der Waals surface area contributed by atoms with Crippen LogP contribution in [-0.2, 0) is 4.79 Å². The second-order valence-corrected chi connectivity index (χ2v) is 6.09. The average Bonchev–Trinajstić information content (AvgIpc) is 3.36. The van der Waals surface area contributed by atoms with Gasteiger partial charge in [0.1, 0.15) is 23.0 Å². The van der Waals surface area contributed by atoms with Gasteiger partial charge in [-0.2, -0.15) is 5.10 Å². The Morgan fingerprint density at radius 3 is 3.04 bits per heavy atom. The summed E-state index contributed by atoms with van der Waals surface area (Å²) >= 11 is 0. The standard InChI is InChI=1S/C18H14N6O3/c1-24-13-6-11(2-3-14(13)27-9-15(24)25)20-18-16-12(7-19-23-16)21-17(22-18)10-4-5-26-8-10/h2-8H,9H2,1H3,(H,19,23)(H,20,21,22). The molecule has 0 saturated heterocycles. The molecule has 134 valence electrons. The van der Waals surface area contributed by atoms with E-state index in [0.717, 1.165) is 11.3 Å². The van der Waals surface area contributed by atoms with Crippen LogP contribution in [0.15, 0.2) is 47.4 Å². The molecule has 1 aliphatic heterocycles. The first-order valence-corrected chi connectivity index (χ1v) is 8.23.